The van der Waals surface area contributed by atoms with Crippen LogP contribution in [0.15, 0.2) is 29.3 Å². The Labute approximate surface area is 133 Å². The monoisotopic (exact) mass is 314 g/mol. The van der Waals surface area contributed by atoms with Crippen LogP contribution in [0.5, 0.6) is 0 Å². The molecule has 23 heavy (non-hydrogen) atoms. The number of carbonyl (C=O) groups excluding carboxylic acids is 1. The van der Waals surface area contributed by atoms with Crippen molar-refractivity contribution in [3.63, 3.8) is 0 Å². The predicted molar refractivity (Wildman–Crippen MR) is 83.7 cm³/mol. The molecule has 0 radical (unpaired) electrons. The number of hydrogen-bond acceptors (Lipinski definition) is 6. The molecule has 0 fully saturated rings. The zero-order valence-corrected chi connectivity index (χ0v) is 13.1. The molecule has 1 N–H and O–H groups in total. The van der Waals surface area contributed by atoms with E-state index in [0.29, 0.717) is 19.5 Å². The van der Waals surface area contributed by atoms with E-state index in [0.717, 1.165) is 11.3 Å². The molecule has 2 aromatic rings. The molecule has 1 amide bonds. The highest BCUT2D eigenvalue weighted by atomic mass is 16.2. The van der Waals surface area contributed by atoms with E-state index in [1.165, 1.54) is 4.68 Å². The van der Waals surface area contributed by atoms with Crippen LogP contribution < -0.4 is 10.9 Å². The molecule has 120 valence electrons. The Morgan fingerprint density at radius 3 is 2.83 bits per heavy atom. The summed E-state index contributed by atoms with van der Waals surface area (Å²) < 4.78 is 1.34. The number of carbonyl (C=O) groups is 1. The Balaban J connectivity index is 1.71. The van der Waals surface area contributed by atoms with Gasteiger partial charge in [0.15, 0.2) is 0 Å². The van der Waals surface area contributed by atoms with Crippen molar-refractivity contribution in [2.45, 2.75) is 25.9 Å². The zero-order chi connectivity index (χ0) is 16.4. The number of nitrogens with one attached hydrogen (secondary N) is 1. The van der Waals surface area contributed by atoms with Crippen molar-refractivity contribution in [3.05, 3.63) is 46.1 Å². The van der Waals surface area contributed by atoms with E-state index >= 15 is 0 Å². The van der Waals surface area contributed by atoms with Gasteiger partial charge in [0.2, 0.25) is 11.9 Å². The first-order valence-corrected chi connectivity index (χ1v) is 7.42. The van der Waals surface area contributed by atoms with Crippen LogP contribution in [0.1, 0.15) is 18.2 Å². The van der Waals surface area contributed by atoms with Crippen LogP contribution in [-0.2, 0) is 24.8 Å². The molecule has 0 saturated carbocycles. The molecule has 0 bridgehead atoms. The highest BCUT2D eigenvalue weighted by molar-refractivity contribution is 5.93. The maximum atomic E-state index is 12.3. The molecule has 0 aliphatic carbocycles. The summed E-state index contributed by atoms with van der Waals surface area (Å²) in [6.07, 6.45) is 3.86. The van der Waals surface area contributed by atoms with Crippen LogP contribution in [0.2, 0.25) is 0 Å². The van der Waals surface area contributed by atoms with Gasteiger partial charge in [0.1, 0.15) is 0 Å². The van der Waals surface area contributed by atoms with Crippen molar-refractivity contribution in [2.24, 2.45) is 7.05 Å². The molecule has 8 nitrogen and oxygen atoms in total. The highest BCUT2D eigenvalue weighted by Crippen LogP contribution is 2.17. The highest BCUT2D eigenvalue weighted by Gasteiger charge is 2.26. The second kappa shape index (κ2) is 6.25. The van der Waals surface area contributed by atoms with E-state index in [9.17, 15) is 9.59 Å². The maximum absolute atomic E-state index is 12.3. The summed E-state index contributed by atoms with van der Waals surface area (Å²) in [5.74, 6) is 0.119. The van der Waals surface area contributed by atoms with Crippen LogP contribution in [0.4, 0.5) is 5.95 Å². The van der Waals surface area contributed by atoms with Crippen molar-refractivity contribution >= 4 is 11.9 Å². The third kappa shape index (κ3) is 3.26. The second-order valence-corrected chi connectivity index (χ2v) is 5.54. The average molecular weight is 314 g/mol. The van der Waals surface area contributed by atoms with E-state index in [1.807, 2.05) is 11.8 Å². The maximum Gasteiger partial charge on any atom is 0.266 e. The zero-order valence-electron chi connectivity index (χ0n) is 13.1. The van der Waals surface area contributed by atoms with E-state index in [2.05, 4.69) is 20.4 Å². The Morgan fingerprint density at radius 1 is 1.35 bits per heavy atom. The van der Waals surface area contributed by atoms with Crippen molar-refractivity contribution in [3.8, 4) is 0 Å². The van der Waals surface area contributed by atoms with Crippen LogP contribution >= 0.6 is 0 Å². The Hall–Kier alpha value is -2.61. The molecule has 0 saturated heterocycles. The SMILES string of the molecule is C[C@@H](C(=O)Nc1ncccn1)N1CCc2nn(C)c(=O)cc2C1. The lowest BCUT2D eigenvalue weighted by atomic mass is 10.0. The van der Waals surface area contributed by atoms with Crippen LogP contribution in [0.25, 0.3) is 0 Å². The van der Waals surface area contributed by atoms with Crippen molar-refractivity contribution in [2.75, 3.05) is 11.9 Å². The van der Waals surface area contributed by atoms with Gasteiger partial charge in [0, 0.05) is 45.0 Å². The van der Waals surface area contributed by atoms with Gasteiger partial charge < -0.3 is 0 Å². The summed E-state index contributed by atoms with van der Waals surface area (Å²) in [5, 5.41) is 6.98. The van der Waals surface area contributed by atoms with Gasteiger partial charge in [-0.25, -0.2) is 14.6 Å². The summed E-state index contributed by atoms with van der Waals surface area (Å²) in [4.78, 5) is 34.1. The first kappa shape index (κ1) is 15.3. The van der Waals surface area contributed by atoms with Gasteiger partial charge >= 0.3 is 0 Å². The van der Waals surface area contributed by atoms with E-state index in [1.54, 1.807) is 31.6 Å². The number of amides is 1. The number of hydrogen-bond donors (Lipinski definition) is 1. The normalized spacial score (nSPS) is 15.7. The Bertz CT molecular complexity index is 773. The topological polar surface area (TPSA) is 93.0 Å². The molecule has 1 atom stereocenters. The summed E-state index contributed by atoms with van der Waals surface area (Å²) in [5.41, 5.74) is 1.66. The van der Waals surface area contributed by atoms with Crippen molar-refractivity contribution in [1.29, 1.82) is 0 Å². The molecule has 1 aliphatic rings. The minimum Gasteiger partial charge on any atom is -0.293 e. The van der Waals surface area contributed by atoms with E-state index < -0.39 is 0 Å². The Morgan fingerprint density at radius 2 is 2.09 bits per heavy atom. The summed E-state index contributed by atoms with van der Waals surface area (Å²) in [6.45, 7) is 3.07. The number of fused-ring (bicyclic) bond motifs is 1. The van der Waals surface area contributed by atoms with Gasteiger partial charge in [-0.2, -0.15) is 5.10 Å². The third-order valence-electron chi connectivity index (χ3n) is 4.00. The van der Waals surface area contributed by atoms with Crippen molar-refractivity contribution in [1.82, 2.24) is 24.6 Å². The molecule has 0 aromatic carbocycles. The summed E-state index contributed by atoms with van der Waals surface area (Å²) >= 11 is 0. The van der Waals surface area contributed by atoms with E-state index in [4.69, 9.17) is 0 Å². The van der Waals surface area contributed by atoms with Crippen LogP contribution in [0.3, 0.4) is 0 Å². The Kier molecular flexibility index (Phi) is 4.16. The minimum absolute atomic E-state index is 0.139. The number of aromatic nitrogens is 4. The molecular formula is C15H18N6O2. The molecule has 3 heterocycles. The predicted octanol–water partition coefficient (Wildman–Crippen LogP) is -0.0444. The smallest absolute Gasteiger partial charge is 0.266 e. The van der Waals surface area contributed by atoms with Gasteiger partial charge in [-0.05, 0) is 18.6 Å². The van der Waals surface area contributed by atoms with Gasteiger partial charge in [0.25, 0.3) is 5.56 Å². The lowest BCUT2D eigenvalue weighted by Crippen LogP contribution is -2.45. The third-order valence-corrected chi connectivity index (χ3v) is 4.00. The van der Waals surface area contributed by atoms with Crippen LogP contribution in [0, 0.1) is 0 Å². The lowest BCUT2D eigenvalue weighted by molar-refractivity contribution is -0.121. The van der Waals surface area contributed by atoms with Crippen LogP contribution in [-0.4, -0.2) is 43.1 Å². The molecule has 8 heteroatoms. The van der Waals surface area contributed by atoms with E-state index in [-0.39, 0.29) is 23.5 Å². The average Bonchev–Trinajstić information content (AvgIpc) is 2.55. The van der Waals surface area contributed by atoms with Gasteiger partial charge in [0.05, 0.1) is 11.7 Å². The quantitative estimate of drug-likeness (QED) is 0.854. The molecule has 0 unspecified atom stereocenters. The van der Waals surface area contributed by atoms with Gasteiger partial charge in [-0.1, -0.05) is 0 Å². The fourth-order valence-electron chi connectivity index (χ4n) is 2.59. The van der Waals surface area contributed by atoms with Gasteiger partial charge in [-0.3, -0.25) is 19.8 Å². The van der Waals surface area contributed by atoms with Crippen molar-refractivity contribution < 1.29 is 4.79 Å². The fourth-order valence-corrected chi connectivity index (χ4v) is 2.59. The summed E-state index contributed by atoms with van der Waals surface area (Å²) in [7, 11) is 1.64. The number of rotatable bonds is 3. The first-order valence-electron chi connectivity index (χ1n) is 7.42. The molecule has 1 aliphatic heterocycles. The molecule has 2 aromatic heterocycles. The second-order valence-electron chi connectivity index (χ2n) is 5.54. The first-order chi connectivity index (χ1) is 11.0. The lowest BCUT2D eigenvalue weighted by Gasteiger charge is -2.32. The molecule has 3 rings (SSSR count). The number of nitrogens with zero attached hydrogens (tertiary/aromatic N) is 5. The molecular weight excluding hydrogens is 296 g/mol. The minimum atomic E-state index is -0.351. The van der Waals surface area contributed by atoms with Gasteiger partial charge in [-0.15, -0.1) is 0 Å². The summed E-state index contributed by atoms with van der Waals surface area (Å²) in [6, 6.07) is 2.93. The molecule has 0 spiro atoms. The number of anilines is 1. The standard InChI is InChI=1S/C15H18N6O2/c1-10(14(23)18-15-16-5-3-6-17-15)21-7-4-12-11(9-21)8-13(22)20(2)19-12/h3,5-6,8,10H,4,7,9H2,1-2H3,(H,16,17,18,23)/t10-/m0/s1. The fraction of sp³-hybridized carbons (Fsp3) is 0.400. The largest absolute Gasteiger partial charge is 0.293 e. The number of aryl methyl sites for hydroxylation is 1.